The molecule has 0 aromatic heterocycles. The van der Waals surface area contributed by atoms with Crippen LogP contribution in [0.1, 0.15) is 50.0 Å². The van der Waals surface area contributed by atoms with Crippen molar-refractivity contribution >= 4 is 0 Å². The average molecular weight is 286 g/mol. The standard InChI is InChI=1S/C19H30N2/c1-20-14-12-19(13-15-20)21(2)18-10-8-17(9-11-18)16-6-4-3-5-7-16/h3-7,17-19H,8-15H2,1-2H3. The van der Waals surface area contributed by atoms with Gasteiger partial charge < -0.3 is 9.80 Å². The summed E-state index contributed by atoms with van der Waals surface area (Å²) in [5, 5.41) is 0. The molecule has 1 saturated heterocycles. The van der Waals surface area contributed by atoms with Crippen LogP contribution in [0.3, 0.4) is 0 Å². The van der Waals surface area contributed by atoms with Crippen molar-refractivity contribution in [3.05, 3.63) is 35.9 Å². The molecule has 3 rings (SSSR count). The summed E-state index contributed by atoms with van der Waals surface area (Å²) in [6, 6.07) is 12.8. The monoisotopic (exact) mass is 286 g/mol. The first-order valence-corrected chi connectivity index (χ1v) is 8.69. The molecular weight excluding hydrogens is 256 g/mol. The molecule has 0 unspecified atom stereocenters. The predicted molar refractivity (Wildman–Crippen MR) is 89.7 cm³/mol. The second-order valence-corrected chi connectivity index (χ2v) is 7.12. The zero-order valence-electron chi connectivity index (χ0n) is 13.7. The van der Waals surface area contributed by atoms with E-state index >= 15 is 0 Å². The molecule has 0 bridgehead atoms. The van der Waals surface area contributed by atoms with Crippen molar-refractivity contribution in [2.24, 2.45) is 0 Å². The van der Waals surface area contributed by atoms with Gasteiger partial charge >= 0.3 is 0 Å². The predicted octanol–water partition coefficient (Wildman–Crippen LogP) is 3.74. The number of hydrogen-bond acceptors (Lipinski definition) is 2. The van der Waals surface area contributed by atoms with Gasteiger partial charge in [-0.25, -0.2) is 0 Å². The normalized spacial score (nSPS) is 28.9. The third-order valence-electron chi connectivity index (χ3n) is 5.81. The van der Waals surface area contributed by atoms with E-state index in [0.717, 1.165) is 18.0 Å². The molecule has 1 heterocycles. The highest BCUT2D eigenvalue weighted by Crippen LogP contribution is 2.35. The Hall–Kier alpha value is -0.860. The summed E-state index contributed by atoms with van der Waals surface area (Å²) < 4.78 is 0. The Bertz CT molecular complexity index is 414. The van der Waals surface area contributed by atoms with Gasteiger partial charge in [-0.2, -0.15) is 0 Å². The van der Waals surface area contributed by atoms with Crippen LogP contribution in [0.25, 0.3) is 0 Å². The van der Waals surface area contributed by atoms with E-state index in [4.69, 9.17) is 0 Å². The van der Waals surface area contributed by atoms with Crippen molar-refractivity contribution < 1.29 is 0 Å². The fraction of sp³-hybridized carbons (Fsp3) is 0.684. The third kappa shape index (κ3) is 3.67. The molecule has 1 aromatic carbocycles. The van der Waals surface area contributed by atoms with E-state index in [1.165, 1.54) is 51.6 Å². The summed E-state index contributed by atoms with van der Waals surface area (Å²) in [4.78, 5) is 5.19. The molecular formula is C19H30N2. The zero-order chi connectivity index (χ0) is 14.7. The molecule has 1 aliphatic heterocycles. The maximum atomic E-state index is 2.72. The second-order valence-electron chi connectivity index (χ2n) is 7.12. The second kappa shape index (κ2) is 6.93. The van der Waals surface area contributed by atoms with Gasteiger partial charge in [0, 0.05) is 12.1 Å². The molecule has 1 saturated carbocycles. The number of nitrogens with zero attached hydrogens (tertiary/aromatic N) is 2. The summed E-state index contributed by atoms with van der Waals surface area (Å²) in [7, 11) is 4.63. The van der Waals surface area contributed by atoms with Gasteiger partial charge in [-0.1, -0.05) is 30.3 Å². The van der Waals surface area contributed by atoms with E-state index < -0.39 is 0 Å². The van der Waals surface area contributed by atoms with Crippen molar-refractivity contribution in [3.63, 3.8) is 0 Å². The molecule has 2 fully saturated rings. The summed E-state index contributed by atoms with van der Waals surface area (Å²) in [6.45, 7) is 2.54. The smallest absolute Gasteiger partial charge is 0.0119 e. The maximum Gasteiger partial charge on any atom is 0.0119 e. The minimum atomic E-state index is 0.799. The molecule has 1 aliphatic carbocycles. The Labute approximate surface area is 130 Å². The minimum Gasteiger partial charge on any atom is -0.306 e. The van der Waals surface area contributed by atoms with Crippen molar-refractivity contribution in [2.45, 2.75) is 56.5 Å². The lowest BCUT2D eigenvalue weighted by Crippen LogP contribution is -2.47. The molecule has 2 aliphatic rings. The van der Waals surface area contributed by atoms with Crippen LogP contribution in [0, 0.1) is 0 Å². The molecule has 21 heavy (non-hydrogen) atoms. The van der Waals surface area contributed by atoms with Crippen LogP contribution in [0.15, 0.2) is 30.3 Å². The lowest BCUT2D eigenvalue weighted by molar-refractivity contribution is 0.0851. The molecule has 2 nitrogen and oxygen atoms in total. The van der Waals surface area contributed by atoms with Crippen LogP contribution in [0.5, 0.6) is 0 Å². The highest BCUT2D eigenvalue weighted by molar-refractivity contribution is 5.20. The Morgan fingerprint density at radius 1 is 0.857 bits per heavy atom. The number of likely N-dealkylation sites (tertiary alicyclic amines) is 1. The van der Waals surface area contributed by atoms with Gasteiger partial charge in [-0.15, -0.1) is 0 Å². The first kappa shape index (κ1) is 15.1. The molecule has 116 valence electrons. The first-order valence-electron chi connectivity index (χ1n) is 8.69. The Morgan fingerprint density at radius 2 is 1.43 bits per heavy atom. The van der Waals surface area contributed by atoms with E-state index in [1.54, 1.807) is 5.56 Å². The van der Waals surface area contributed by atoms with Crippen LogP contribution >= 0.6 is 0 Å². The number of piperidine rings is 1. The molecule has 2 heteroatoms. The summed E-state index contributed by atoms with van der Waals surface area (Å²) in [6.07, 6.45) is 8.19. The highest BCUT2D eigenvalue weighted by atomic mass is 15.2. The van der Waals surface area contributed by atoms with Gasteiger partial charge in [-0.05, 0) is 77.2 Å². The van der Waals surface area contributed by atoms with E-state index in [-0.39, 0.29) is 0 Å². The molecule has 0 amide bonds. The zero-order valence-corrected chi connectivity index (χ0v) is 13.7. The van der Waals surface area contributed by atoms with Gasteiger partial charge in [0.25, 0.3) is 0 Å². The van der Waals surface area contributed by atoms with Crippen LogP contribution < -0.4 is 0 Å². The van der Waals surface area contributed by atoms with Crippen LogP contribution in [0.4, 0.5) is 0 Å². The Balaban J connectivity index is 1.51. The van der Waals surface area contributed by atoms with E-state index in [9.17, 15) is 0 Å². The van der Waals surface area contributed by atoms with Crippen LogP contribution in [0.2, 0.25) is 0 Å². The Kier molecular flexibility index (Phi) is 4.97. The minimum absolute atomic E-state index is 0.799. The van der Waals surface area contributed by atoms with E-state index in [0.29, 0.717) is 0 Å². The lowest BCUT2D eigenvalue weighted by Gasteiger charge is -2.42. The quantitative estimate of drug-likeness (QED) is 0.835. The van der Waals surface area contributed by atoms with E-state index in [2.05, 4.69) is 54.2 Å². The van der Waals surface area contributed by atoms with Gasteiger partial charge in [0.1, 0.15) is 0 Å². The number of hydrogen-bond donors (Lipinski definition) is 0. The molecule has 0 N–H and O–H groups in total. The molecule has 0 spiro atoms. The highest BCUT2D eigenvalue weighted by Gasteiger charge is 2.29. The van der Waals surface area contributed by atoms with Gasteiger partial charge in [0.05, 0.1) is 0 Å². The van der Waals surface area contributed by atoms with Gasteiger partial charge in [0.2, 0.25) is 0 Å². The van der Waals surface area contributed by atoms with Gasteiger partial charge in [0.15, 0.2) is 0 Å². The van der Waals surface area contributed by atoms with Crippen molar-refractivity contribution in [1.29, 1.82) is 0 Å². The van der Waals surface area contributed by atoms with Crippen molar-refractivity contribution in [1.82, 2.24) is 9.80 Å². The third-order valence-corrected chi connectivity index (χ3v) is 5.81. The van der Waals surface area contributed by atoms with Crippen LogP contribution in [-0.2, 0) is 0 Å². The number of benzene rings is 1. The molecule has 0 radical (unpaired) electrons. The fourth-order valence-electron chi connectivity index (χ4n) is 4.24. The largest absolute Gasteiger partial charge is 0.306 e. The van der Waals surface area contributed by atoms with Crippen molar-refractivity contribution in [3.8, 4) is 0 Å². The molecule has 0 atom stereocenters. The topological polar surface area (TPSA) is 6.48 Å². The van der Waals surface area contributed by atoms with E-state index in [1.807, 2.05) is 0 Å². The SMILES string of the molecule is CN1CCC(N(C)C2CCC(c3ccccc3)CC2)CC1. The van der Waals surface area contributed by atoms with Crippen LogP contribution in [-0.4, -0.2) is 49.1 Å². The average Bonchev–Trinajstić information content (AvgIpc) is 2.56. The van der Waals surface area contributed by atoms with Gasteiger partial charge in [-0.3, -0.25) is 0 Å². The fourth-order valence-corrected chi connectivity index (χ4v) is 4.24. The summed E-state index contributed by atoms with van der Waals surface area (Å²) in [5.74, 6) is 0.799. The number of rotatable bonds is 3. The molecule has 1 aromatic rings. The lowest BCUT2D eigenvalue weighted by atomic mass is 9.81. The Morgan fingerprint density at radius 3 is 2.05 bits per heavy atom. The summed E-state index contributed by atoms with van der Waals surface area (Å²) >= 11 is 0. The summed E-state index contributed by atoms with van der Waals surface area (Å²) in [5.41, 5.74) is 1.55. The maximum absolute atomic E-state index is 2.72. The van der Waals surface area contributed by atoms with Crippen molar-refractivity contribution in [2.75, 3.05) is 27.2 Å². The first-order chi connectivity index (χ1) is 10.2.